The second kappa shape index (κ2) is 9.42. The van der Waals surface area contributed by atoms with Crippen molar-refractivity contribution < 1.29 is 23.8 Å². The molecular weight excluding hydrogens is 502 g/mol. The molecule has 0 aliphatic carbocycles. The average Bonchev–Trinajstić information content (AvgIpc) is 3.20. The highest BCUT2D eigenvalue weighted by atomic mass is 16.5. The Kier molecular flexibility index (Phi) is 5.99. The summed E-state index contributed by atoms with van der Waals surface area (Å²) in [6.45, 7) is 4.17. The van der Waals surface area contributed by atoms with Crippen LogP contribution >= 0.6 is 0 Å². The zero-order chi connectivity index (χ0) is 28.1. The second-order valence-electron chi connectivity index (χ2n) is 10.5. The predicted molar refractivity (Wildman–Crippen MR) is 155 cm³/mol. The van der Waals surface area contributed by atoms with E-state index in [0.717, 1.165) is 16.8 Å². The van der Waals surface area contributed by atoms with Crippen LogP contribution in [0.5, 0.6) is 17.2 Å². The van der Waals surface area contributed by atoms with Gasteiger partial charge in [0, 0.05) is 33.5 Å². The molecule has 1 atom stereocenters. The van der Waals surface area contributed by atoms with Crippen molar-refractivity contribution in [3.8, 4) is 17.2 Å². The van der Waals surface area contributed by atoms with Gasteiger partial charge in [-0.2, -0.15) is 0 Å². The van der Waals surface area contributed by atoms with Crippen molar-refractivity contribution in [2.24, 2.45) is 0 Å². The van der Waals surface area contributed by atoms with Crippen molar-refractivity contribution >= 4 is 23.3 Å². The SMILES string of the molecule is COc1ccc(C(=O)c2ccc3c(c2)C(C)(C)C2(C=Cc4cc(C(=O)c5ccccc5)cc(OC)c4O2)N3)cc1. The van der Waals surface area contributed by atoms with Crippen molar-refractivity contribution in [1.82, 2.24) is 0 Å². The van der Waals surface area contributed by atoms with Crippen LogP contribution in [0.2, 0.25) is 0 Å². The van der Waals surface area contributed by atoms with Crippen LogP contribution in [0.15, 0.2) is 91.0 Å². The number of nitrogens with one attached hydrogen (secondary N) is 1. The van der Waals surface area contributed by atoms with Crippen molar-refractivity contribution in [2.45, 2.75) is 25.0 Å². The van der Waals surface area contributed by atoms with Crippen LogP contribution in [-0.2, 0) is 5.41 Å². The van der Waals surface area contributed by atoms with E-state index in [9.17, 15) is 9.59 Å². The van der Waals surface area contributed by atoms with Crippen LogP contribution in [0.4, 0.5) is 5.69 Å². The Morgan fingerprint density at radius 1 is 0.750 bits per heavy atom. The zero-order valence-electron chi connectivity index (χ0n) is 22.8. The molecule has 40 heavy (non-hydrogen) atoms. The lowest BCUT2D eigenvalue weighted by molar-refractivity contribution is 0.0787. The van der Waals surface area contributed by atoms with Gasteiger partial charge >= 0.3 is 0 Å². The van der Waals surface area contributed by atoms with Crippen LogP contribution < -0.4 is 19.5 Å². The maximum absolute atomic E-state index is 13.3. The van der Waals surface area contributed by atoms with E-state index in [1.807, 2.05) is 54.6 Å². The molecule has 2 heterocycles. The third kappa shape index (κ3) is 3.95. The first kappa shape index (κ1) is 25.4. The van der Waals surface area contributed by atoms with Gasteiger partial charge in [-0.3, -0.25) is 9.59 Å². The van der Waals surface area contributed by atoms with Gasteiger partial charge in [0.2, 0.25) is 5.72 Å². The normalized spacial score (nSPS) is 17.8. The molecule has 0 aromatic heterocycles. The Balaban J connectivity index is 1.34. The first-order valence-corrected chi connectivity index (χ1v) is 13.1. The third-order valence-electron chi connectivity index (χ3n) is 7.92. The van der Waals surface area contributed by atoms with Crippen molar-refractivity contribution in [3.05, 3.63) is 124 Å². The zero-order valence-corrected chi connectivity index (χ0v) is 22.8. The summed E-state index contributed by atoms with van der Waals surface area (Å²) < 4.78 is 17.6. The molecule has 4 aromatic rings. The molecule has 0 bridgehead atoms. The van der Waals surface area contributed by atoms with E-state index in [1.54, 1.807) is 56.7 Å². The van der Waals surface area contributed by atoms with E-state index in [1.165, 1.54) is 0 Å². The fourth-order valence-corrected chi connectivity index (χ4v) is 5.48. The average molecular weight is 532 g/mol. The van der Waals surface area contributed by atoms with E-state index < -0.39 is 11.1 Å². The number of rotatable bonds is 6. The summed E-state index contributed by atoms with van der Waals surface area (Å²) in [5.41, 5.74) is 3.44. The first-order valence-electron chi connectivity index (χ1n) is 13.1. The number of methoxy groups -OCH3 is 2. The van der Waals surface area contributed by atoms with E-state index >= 15 is 0 Å². The highest BCUT2D eigenvalue weighted by Crippen LogP contribution is 2.53. The van der Waals surface area contributed by atoms with Crippen LogP contribution in [0.1, 0.15) is 56.8 Å². The summed E-state index contributed by atoms with van der Waals surface area (Å²) >= 11 is 0. The molecule has 0 saturated carbocycles. The molecule has 0 amide bonds. The van der Waals surface area contributed by atoms with Crippen molar-refractivity contribution in [2.75, 3.05) is 19.5 Å². The number of anilines is 1. The lowest BCUT2D eigenvalue weighted by Gasteiger charge is -2.42. The number of benzene rings is 4. The second-order valence-corrected chi connectivity index (χ2v) is 10.5. The summed E-state index contributed by atoms with van der Waals surface area (Å²) in [4.78, 5) is 26.5. The third-order valence-corrected chi connectivity index (χ3v) is 7.92. The molecule has 6 nitrogen and oxygen atoms in total. The molecule has 6 rings (SSSR count). The molecular formula is C34H29NO5. The summed E-state index contributed by atoms with van der Waals surface area (Å²) in [6, 6.07) is 25.5. The van der Waals surface area contributed by atoms with Gasteiger partial charge in [-0.25, -0.2) is 0 Å². The molecule has 1 N–H and O–H groups in total. The Labute approximate surface area is 233 Å². The summed E-state index contributed by atoms with van der Waals surface area (Å²) in [6.07, 6.45) is 3.95. The minimum absolute atomic E-state index is 0.0649. The maximum atomic E-state index is 13.3. The molecule has 1 unspecified atom stereocenters. The number of fused-ring (bicyclic) bond motifs is 2. The number of ether oxygens (including phenoxy) is 3. The van der Waals surface area contributed by atoms with Crippen LogP contribution in [0, 0.1) is 0 Å². The van der Waals surface area contributed by atoms with Crippen LogP contribution in [0.25, 0.3) is 6.08 Å². The molecule has 2 aliphatic heterocycles. The number of hydrogen-bond donors (Lipinski definition) is 1. The lowest BCUT2D eigenvalue weighted by atomic mass is 9.76. The van der Waals surface area contributed by atoms with Gasteiger partial charge in [0.15, 0.2) is 23.1 Å². The Hall–Kier alpha value is -4.84. The molecule has 0 radical (unpaired) electrons. The Morgan fingerprint density at radius 3 is 2.12 bits per heavy atom. The number of hydrogen-bond acceptors (Lipinski definition) is 6. The number of carbonyl (C=O) groups is 2. The van der Waals surface area contributed by atoms with E-state index in [4.69, 9.17) is 14.2 Å². The topological polar surface area (TPSA) is 73.9 Å². The first-order chi connectivity index (χ1) is 19.3. The van der Waals surface area contributed by atoms with Gasteiger partial charge < -0.3 is 19.5 Å². The maximum Gasteiger partial charge on any atom is 0.209 e. The highest BCUT2D eigenvalue weighted by molar-refractivity contribution is 6.10. The van der Waals surface area contributed by atoms with E-state index in [2.05, 4.69) is 19.2 Å². The lowest BCUT2D eigenvalue weighted by Crippen LogP contribution is -2.53. The van der Waals surface area contributed by atoms with Gasteiger partial charge in [0.25, 0.3) is 0 Å². The molecule has 4 aromatic carbocycles. The number of carbonyl (C=O) groups excluding carboxylic acids is 2. The van der Waals surface area contributed by atoms with Crippen LogP contribution in [-0.4, -0.2) is 31.5 Å². The molecule has 1 spiro atoms. The van der Waals surface area contributed by atoms with Crippen molar-refractivity contribution in [3.63, 3.8) is 0 Å². The molecule has 6 heteroatoms. The predicted octanol–water partition coefficient (Wildman–Crippen LogP) is 6.67. The van der Waals surface area contributed by atoms with E-state index in [-0.39, 0.29) is 11.6 Å². The fraction of sp³-hybridized carbons (Fsp3) is 0.176. The Bertz CT molecular complexity index is 1670. The van der Waals surface area contributed by atoms with Gasteiger partial charge in [0.1, 0.15) is 5.75 Å². The minimum atomic E-state index is -0.928. The quantitative estimate of drug-likeness (QED) is 0.280. The van der Waals surface area contributed by atoms with Crippen LogP contribution in [0.3, 0.4) is 0 Å². The van der Waals surface area contributed by atoms with E-state index in [0.29, 0.717) is 39.5 Å². The van der Waals surface area contributed by atoms with Gasteiger partial charge in [-0.15, -0.1) is 0 Å². The van der Waals surface area contributed by atoms with Gasteiger partial charge in [0.05, 0.1) is 19.6 Å². The highest BCUT2D eigenvalue weighted by Gasteiger charge is 2.54. The fourth-order valence-electron chi connectivity index (χ4n) is 5.48. The van der Waals surface area contributed by atoms with Gasteiger partial charge in [-0.1, -0.05) is 30.3 Å². The minimum Gasteiger partial charge on any atom is -0.497 e. The Morgan fingerprint density at radius 2 is 1.43 bits per heavy atom. The monoisotopic (exact) mass is 531 g/mol. The molecule has 200 valence electrons. The summed E-state index contributed by atoms with van der Waals surface area (Å²) in [7, 11) is 3.17. The summed E-state index contributed by atoms with van der Waals surface area (Å²) in [5, 5.41) is 3.56. The van der Waals surface area contributed by atoms with Gasteiger partial charge in [-0.05, 0) is 86.2 Å². The number of ketones is 2. The molecule has 0 saturated heterocycles. The largest absolute Gasteiger partial charge is 0.497 e. The molecule has 0 fully saturated rings. The standard InChI is InChI=1S/C34H29NO5/c1-33(2)27-19-23(30(36)22-10-13-26(38-3)14-11-22)12-15-28(27)35-34(33)17-16-24-18-25(20-29(39-4)32(24)40-34)31(37)21-8-6-5-7-9-21/h5-20,35H,1-4H3. The smallest absolute Gasteiger partial charge is 0.209 e. The summed E-state index contributed by atoms with van der Waals surface area (Å²) in [5.74, 6) is 1.58. The van der Waals surface area contributed by atoms with Crippen molar-refractivity contribution in [1.29, 1.82) is 0 Å². The molecule has 2 aliphatic rings.